The van der Waals surface area contributed by atoms with Crippen molar-refractivity contribution >= 4 is 23.3 Å². The van der Waals surface area contributed by atoms with E-state index in [4.69, 9.17) is 0 Å². The molecule has 2 aromatic rings. The zero-order chi connectivity index (χ0) is 11.9. The summed E-state index contributed by atoms with van der Waals surface area (Å²) in [6.07, 6.45) is 0. The number of nitrogens with zero attached hydrogens (tertiary/aromatic N) is 1. The molecule has 0 aliphatic heterocycles. The number of rotatable bonds is 3. The van der Waals surface area contributed by atoms with E-state index < -0.39 is 0 Å². The Kier molecular flexibility index (Phi) is 4.20. The van der Waals surface area contributed by atoms with Gasteiger partial charge in [-0.05, 0) is 37.1 Å². The number of para-hydroxylation sites is 1. The van der Waals surface area contributed by atoms with Gasteiger partial charge in [-0.3, -0.25) is 0 Å². The summed E-state index contributed by atoms with van der Waals surface area (Å²) in [6, 6.07) is 20.1. The van der Waals surface area contributed by atoms with Crippen molar-refractivity contribution in [3.05, 3.63) is 65.6 Å². The van der Waals surface area contributed by atoms with Crippen molar-refractivity contribution in [3.8, 4) is 0 Å². The van der Waals surface area contributed by atoms with Crippen LogP contribution in [0.25, 0.3) is 0 Å². The third-order valence-corrected chi connectivity index (χ3v) is 3.02. The van der Waals surface area contributed by atoms with Crippen LogP contribution in [0.15, 0.2) is 75.5 Å². The maximum Gasteiger partial charge on any atom is 0.0730 e. The topological polar surface area (TPSA) is 12.4 Å². The first kappa shape index (κ1) is 11.7. The lowest BCUT2D eigenvalue weighted by atomic mass is 10.3. The molecule has 0 radical (unpaired) electrons. The third-order valence-electron chi connectivity index (χ3n) is 2.11. The zero-order valence-corrected chi connectivity index (χ0v) is 10.4. The molecule has 2 rings (SSSR count). The van der Waals surface area contributed by atoms with Gasteiger partial charge in [0.15, 0.2) is 0 Å². The van der Waals surface area contributed by atoms with Gasteiger partial charge in [0.05, 0.1) is 5.69 Å². The average Bonchev–Trinajstić information content (AvgIpc) is 2.39. The van der Waals surface area contributed by atoms with E-state index in [-0.39, 0.29) is 0 Å². The van der Waals surface area contributed by atoms with E-state index >= 15 is 0 Å². The second kappa shape index (κ2) is 6.09. The van der Waals surface area contributed by atoms with Crippen LogP contribution in [0.5, 0.6) is 0 Å². The number of aliphatic imine (C=N–C) groups is 1. The summed E-state index contributed by atoms with van der Waals surface area (Å²) in [4.78, 5) is 6.56. The quantitative estimate of drug-likeness (QED) is 0.559. The SMILES string of the molecule is CC(=C=Nc1ccccc1)Sc1ccccc1. The zero-order valence-electron chi connectivity index (χ0n) is 9.63. The maximum atomic E-state index is 4.29. The number of hydrogen-bond donors (Lipinski definition) is 0. The third kappa shape index (κ3) is 3.95. The van der Waals surface area contributed by atoms with Crippen molar-refractivity contribution < 1.29 is 0 Å². The van der Waals surface area contributed by atoms with Gasteiger partial charge in [0, 0.05) is 9.80 Å². The van der Waals surface area contributed by atoms with Crippen LogP contribution < -0.4 is 0 Å². The van der Waals surface area contributed by atoms with Crippen LogP contribution in [0.3, 0.4) is 0 Å². The van der Waals surface area contributed by atoms with Crippen molar-refractivity contribution in [2.75, 3.05) is 0 Å². The molecule has 0 bridgehead atoms. The molecule has 0 aliphatic carbocycles. The molecule has 0 aromatic heterocycles. The Morgan fingerprint density at radius 1 is 0.941 bits per heavy atom. The minimum atomic E-state index is 0.931. The summed E-state index contributed by atoms with van der Waals surface area (Å²) < 4.78 is 0. The first-order valence-electron chi connectivity index (χ1n) is 5.43. The van der Waals surface area contributed by atoms with Gasteiger partial charge in [0.25, 0.3) is 0 Å². The Balaban J connectivity index is 2.10. The van der Waals surface area contributed by atoms with Gasteiger partial charge < -0.3 is 0 Å². The molecule has 0 aliphatic rings. The number of benzene rings is 2. The first-order valence-corrected chi connectivity index (χ1v) is 6.24. The van der Waals surface area contributed by atoms with E-state index in [1.807, 2.05) is 55.5 Å². The van der Waals surface area contributed by atoms with E-state index in [1.165, 1.54) is 4.90 Å². The Morgan fingerprint density at radius 2 is 1.53 bits per heavy atom. The van der Waals surface area contributed by atoms with Gasteiger partial charge in [-0.25, -0.2) is 4.99 Å². The fourth-order valence-electron chi connectivity index (χ4n) is 1.33. The lowest BCUT2D eigenvalue weighted by molar-refractivity contribution is 1.46. The normalized spacial score (nSPS) is 9.47. The van der Waals surface area contributed by atoms with Gasteiger partial charge in [-0.1, -0.05) is 48.2 Å². The smallest absolute Gasteiger partial charge is 0.0730 e. The standard InChI is InChI=1S/C15H13NS/c1-13(17-15-10-6-3-7-11-15)12-16-14-8-4-2-5-9-14/h2-11H,1H3. The van der Waals surface area contributed by atoms with Crippen molar-refractivity contribution in [1.82, 2.24) is 0 Å². The highest BCUT2D eigenvalue weighted by Gasteiger charge is 1.93. The molecular weight excluding hydrogens is 226 g/mol. The highest BCUT2D eigenvalue weighted by molar-refractivity contribution is 8.03. The molecule has 0 spiro atoms. The van der Waals surface area contributed by atoms with Gasteiger partial charge >= 0.3 is 0 Å². The molecule has 0 amide bonds. The molecule has 0 unspecified atom stereocenters. The highest BCUT2D eigenvalue weighted by atomic mass is 32.2. The molecule has 2 heteroatoms. The predicted molar refractivity (Wildman–Crippen MR) is 75.0 cm³/mol. The lowest BCUT2D eigenvalue weighted by Gasteiger charge is -1.97. The molecule has 2 aromatic carbocycles. The fourth-order valence-corrected chi connectivity index (χ4v) is 2.07. The van der Waals surface area contributed by atoms with Crippen LogP contribution >= 0.6 is 11.8 Å². The van der Waals surface area contributed by atoms with Gasteiger partial charge in [-0.15, -0.1) is 0 Å². The molecule has 0 saturated carbocycles. The predicted octanol–water partition coefficient (Wildman–Crippen LogP) is 4.68. The molecule has 84 valence electrons. The highest BCUT2D eigenvalue weighted by Crippen LogP contribution is 2.23. The Morgan fingerprint density at radius 3 is 2.18 bits per heavy atom. The molecule has 17 heavy (non-hydrogen) atoms. The molecule has 0 heterocycles. The summed E-state index contributed by atoms with van der Waals surface area (Å²) in [5.74, 6) is 3.05. The van der Waals surface area contributed by atoms with E-state index in [9.17, 15) is 0 Å². The second-order valence-electron chi connectivity index (χ2n) is 3.53. The lowest BCUT2D eigenvalue weighted by Crippen LogP contribution is -1.72. The van der Waals surface area contributed by atoms with Crippen LogP contribution in [-0.2, 0) is 0 Å². The van der Waals surface area contributed by atoms with Gasteiger partial charge in [0.2, 0.25) is 0 Å². The molecule has 0 fully saturated rings. The van der Waals surface area contributed by atoms with E-state index in [0.29, 0.717) is 0 Å². The Bertz CT molecular complexity index is 525. The first-order chi connectivity index (χ1) is 8.34. The van der Waals surface area contributed by atoms with Gasteiger partial charge in [-0.2, -0.15) is 0 Å². The van der Waals surface area contributed by atoms with Crippen molar-refractivity contribution in [3.63, 3.8) is 0 Å². The number of allylic oxidation sites excluding steroid dienone is 1. The minimum absolute atomic E-state index is 0.931. The van der Waals surface area contributed by atoms with Crippen LogP contribution in [0.2, 0.25) is 0 Å². The van der Waals surface area contributed by atoms with Crippen LogP contribution in [0.1, 0.15) is 6.92 Å². The summed E-state index contributed by atoms with van der Waals surface area (Å²) in [7, 11) is 0. The summed E-state index contributed by atoms with van der Waals surface area (Å²) in [6.45, 7) is 2.02. The molecule has 1 nitrogen and oxygen atoms in total. The minimum Gasteiger partial charge on any atom is -0.205 e. The van der Waals surface area contributed by atoms with Gasteiger partial charge in [0.1, 0.15) is 0 Å². The van der Waals surface area contributed by atoms with Crippen LogP contribution in [-0.4, -0.2) is 5.87 Å². The maximum absolute atomic E-state index is 4.29. The molecule has 0 atom stereocenters. The molecular formula is C15H13NS. The molecule has 0 N–H and O–H groups in total. The number of thioether (sulfide) groups is 1. The van der Waals surface area contributed by atoms with Crippen molar-refractivity contribution in [2.45, 2.75) is 11.8 Å². The molecule has 0 saturated heterocycles. The van der Waals surface area contributed by atoms with Crippen molar-refractivity contribution in [1.29, 1.82) is 0 Å². The second-order valence-corrected chi connectivity index (χ2v) is 4.82. The largest absolute Gasteiger partial charge is 0.205 e. The Hall–Kier alpha value is -1.76. The van der Waals surface area contributed by atoms with Crippen molar-refractivity contribution in [2.24, 2.45) is 4.99 Å². The summed E-state index contributed by atoms with van der Waals surface area (Å²) in [5, 5.41) is 0. The summed E-state index contributed by atoms with van der Waals surface area (Å²) >= 11 is 1.67. The van der Waals surface area contributed by atoms with E-state index in [0.717, 1.165) is 10.6 Å². The van der Waals surface area contributed by atoms with E-state index in [2.05, 4.69) is 23.0 Å². The van der Waals surface area contributed by atoms with E-state index in [1.54, 1.807) is 11.8 Å². The average molecular weight is 239 g/mol. The van der Waals surface area contributed by atoms with Crippen LogP contribution in [0.4, 0.5) is 5.69 Å². The fraction of sp³-hybridized carbons (Fsp3) is 0.0667. The van der Waals surface area contributed by atoms with Crippen LogP contribution in [0, 0.1) is 0 Å². The summed E-state index contributed by atoms with van der Waals surface area (Å²) in [5.41, 5.74) is 0.931. The monoisotopic (exact) mass is 239 g/mol. The number of hydrogen-bond acceptors (Lipinski definition) is 2. The Labute approximate surface area is 106 Å².